The van der Waals surface area contributed by atoms with Crippen LogP contribution in [0.4, 0.5) is 0 Å². The van der Waals surface area contributed by atoms with Crippen LogP contribution in [0.3, 0.4) is 0 Å². The minimum atomic E-state index is 0.420. The van der Waals surface area contributed by atoms with Crippen LogP contribution in [-0.2, 0) is 24.1 Å². The third kappa shape index (κ3) is 2.58. The summed E-state index contributed by atoms with van der Waals surface area (Å²) in [6, 6.07) is 4.82. The Morgan fingerprint density at radius 2 is 1.90 bits per heavy atom. The van der Waals surface area contributed by atoms with E-state index in [2.05, 4.69) is 11.0 Å². The van der Waals surface area contributed by atoms with Gasteiger partial charge in [0.1, 0.15) is 5.75 Å². The molecule has 3 heteroatoms. The predicted molar refractivity (Wildman–Crippen MR) is 82.5 cm³/mol. The summed E-state index contributed by atoms with van der Waals surface area (Å²) >= 11 is 0. The lowest BCUT2D eigenvalue weighted by Crippen LogP contribution is -2.52. The van der Waals surface area contributed by atoms with E-state index in [0.717, 1.165) is 31.7 Å². The highest BCUT2D eigenvalue weighted by atomic mass is 16.5. The van der Waals surface area contributed by atoms with Crippen LogP contribution in [0.2, 0.25) is 0 Å². The zero-order valence-electron chi connectivity index (χ0n) is 12.7. The molecule has 1 aromatic carbocycles. The first-order chi connectivity index (χ1) is 10.3. The van der Waals surface area contributed by atoms with Crippen LogP contribution in [0.15, 0.2) is 12.1 Å². The number of benzene rings is 1. The second-order valence-electron chi connectivity index (χ2n) is 6.83. The topological polar surface area (TPSA) is 32.7 Å². The van der Waals surface area contributed by atoms with E-state index >= 15 is 0 Å². The molecular formula is C18H25NO2. The number of ether oxygens (including phenoxy) is 1. The minimum Gasteiger partial charge on any atom is -0.508 e. The van der Waals surface area contributed by atoms with E-state index in [-0.39, 0.29) is 0 Å². The lowest BCUT2D eigenvalue weighted by Gasteiger charge is -2.44. The highest BCUT2D eigenvalue weighted by Crippen LogP contribution is 2.33. The number of hydrogen-bond acceptors (Lipinski definition) is 3. The zero-order chi connectivity index (χ0) is 14.2. The molecule has 2 aliphatic carbocycles. The molecule has 3 aliphatic rings. The highest BCUT2D eigenvalue weighted by Gasteiger charge is 2.34. The molecule has 0 spiro atoms. The first kappa shape index (κ1) is 13.6. The molecule has 114 valence electrons. The maximum atomic E-state index is 10.3. The summed E-state index contributed by atoms with van der Waals surface area (Å²) in [6.07, 6.45) is 9.04. The van der Waals surface area contributed by atoms with Gasteiger partial charge in [0.15, 0.2) is 0 Å². The van der Waals surface area contributed by atoms with Crippen molar-refractivity contribution >= 4 is 0 Å². The third-order valence-electron chi connectivity index (χ3n) is 5.51. The van der Waals surface area contributed by atoms with Gasteiger partial charge >= 0.3 is 0 Å². The van der Waals surface area contributed by atoms with Crippen molar-refractivity contribution in [3.8, 4) is 5.75 Å². The maximum Gasteiger partial charge on any atom is 0.120 e. The third-order valence-corrected chi connectivity index (χ3v) is 5.51. The zero-order valence-corrected chi connectivity index (χ0v) is 12.7. The summed E-state index contributed by atoms with van der Waals surface area (Å²) in [5.74, 6) is 0.495. The number of nitrogens with zero attached hydrogens (tertiary/aromatic N) is 1. The quantitative estimate of drug-likeness (QED) is 0.907. The molecule has 1 saturated carbocycles. The van der Waals surface area contributed by atoms with Crippen molar-refractivity contribution < 1.29 is 9.84 Å². The Morgan fingerprint density at radius 1 is 1.10 bits per heavy atom. The Balaban J connectivity index is 1.55. The second kappa shape index (κ2) is 5.62. The summed E-state index contributed by atoms with van der Waals surface area (Å²) in [7, 11) is 0. The van der Waals surface area contributed by atoms with Crippen LogP contribution >= 0.6 is 0 Å². The largest absolute Gasteiger partial charge is 0.508 e. The summed E-state index contributed by atoms with van der Waals surface area (Å²) < 4.78 is 5.95. The Kier molecular flexibility index (Phi) is 3.64. The molecular weight excluding hydrogens is 262 g/mol. The normalized spacial score (nSPS) is 29.1. The van der Waals surface area contributed by atoms with Crippen molar-refractivity contribution in [2.75, 3.05) is 13.2 Å². The van der Waals surface area contributed by atoms with Gasteiger partial charge in [0.05, 0.1) is 12.7 Å². The van der Waals surface area contributed by atoms with E-state index in [1.165, 1.54) is 49.7 Å². The molecule has 2 atom stereocenters. The molecule has 4 rings (SSSR count). The number of phenolic OH excluding ortho intramolecular Hbond substituents is 1. The first-order valence-electron chi connectivity index (χ1n) is 8.50. The minimum absolute atomic E-state index is 0.420. The van der Waals surface area contributed by atoms with Gasteiger partial charge in [0.2, 0.25) is 0 Å². The summed E-state index contributed by atoms with van der Waals surface area (Å²) in [6.45, 7) is 2.72. The molecule has 2 fully saturated rings. The average molecular weight is 287 g/mol. The Labute approximate surface area is 126 Å². The Hall–Kier alpha value is -1.06. The Bertz CT molecular complexity index is 526. The van der Waals surface area contributed by atoms with Gasteiger partial charge in [-0.3, -0.25) is 4.90 Å². The van der Waals surface area contributed by atoms with Crippen molar-refractivity contribution in [3.63, 3.8) is 0 Å². The second-order valence-corrected chi connectivity index (χ2v) is 6.83. The van der Waals surface area contributed by atoms with Gasteiger partial charge in [0.25, 0.3) is 0 Å². The van der Waals surface area contributed by atoms with Crippen LogP contribution < -0.4 is 0 Å². The molecule has 1 heterocycles. The molecule has 1 N–H and O–H groups in total. The van der Waals surface area contributed by atoms with Crippen LogP contribution in [0.1, 0.15) is 48.8 Å². The fourth-order valence-corrected chi connectivity index (χ4v) is 4.38. The Morgan fingerprint density at radius 3 is 2.81 bits per heavy atom. The van der Waals surface area contributed by atoms with Gasteiger partial charge < -0.3 is 9.84 Å². The van der Waals surface area contributed by atoms with Crippen LogP contribution in [-0.4, -0.2) is 35.3 Å². The lowest BCUT2D eigenvalue weighted by molar-refractivity contribution is -0.0912. The number of phenols is 1. The van der Waals surface area contributed by atoms with Gasteiger partial charge in [-0.05, 0) is 49.3 Å². The number of morpholine rings is 1. The standard InChI is InChI=1S/C18H25NO2/c20-17-11-14-5-3-4-13(14)10-15(17)12-19-8-9-21-18-7-2-1-6-16(18)19/h10-11,16,18,20H,1-9,12H2/t16-,18+/m0/s1. The average Bonchev–Trinajstić information content (AvgIpc) is 2.95. The van der Waals surface area contributed by atoms with E-state index in [1.807, 2.05) is 6.07 Å². The number of fused-ring (bicyclic) bond motifs is 2. The van der Waals surface area contributed by atoms with Crippen molar-refractivity contribution in [3.05, 3.63) is 28.8 Å². The van der Waals surface area contributed by atoms with Crippen LogP contribution in [0.5, 0.6) is 5.75 Å². The molecule has 0 radical (unpaired) electrons. The smallest absolute Gasteiger partial charge is 0.120 e. The van der Waals surface area contributed by atoms with Gasteiger partial charge in [0, 0.05) is 24.7 Å². The molecule has 0 unspecified atom stereocenters. The number of aryl methyl sites for hydroxylation is 2. The van der Waals surface area contributed by atoms with Crippen molar-refractivity contribution in [1.29, 1.82) is 0 Å². The first-order valence-corrected chi connectivity index (χ1v) is 8.50. The van der Waals surface area contributed by atoms with Gasteiger partial charge in [-0.25, -0.2) is 0 Å². The fraction of sp³-hybridized carbons (Fsp3) is 0.667. The molecule has 21 heavy (non-hydrogen) atoms. The van der Waals surface area contributed by atoms with Gasteiger partial charge in [-0.2, -0.15) is 0 Å². The lowest BCUT2D eigenvalue weighted by atomic mass is 9.89. The SMILES string of the molecule is Oc1cc2c(cc1CN1CCO[C@@H]3CCCC[C@@H]31)CCC2. The van der Waals surface area contributed by atoms with E-state index in [1.54, 1.807) is 0 Å². The van der Waals surface area contributed by atoms with E-state index < -0.39 is 0 Å². The number of aromatic hydroxyl groups is 1. The van der Waals surface area contributed by atoms with Crippen molar-refractivity contribution in [2.45, 2.75) is 63.6 Å². The van der Waals surface area contributed by atoms with Crippen molar-refractivity contribution in [2.24, 2.45) is 0 Å². The monoisotopic (exact) mass is 287 g/mol. The number of rotatable bonds is 2. The summed E-state index contributed by atoms with van der Waals surface area (Å²) in [5, 5.41) is 10.3. The maximum absolute atomic E-state index is 10.3. The predicted octanol–water partition coefficient (Wildman–Crippen LogP) is 3.02. The number of hydrogen-bond donors (Lipinski definition) is 1. The molecule has 0 aromatic heterocycles. The van der Waals surface area contributed by atoms with Crippen LogP contribution in [0, 0.1) is 0 Å². The molecule has 1 aromatic rings. The van der Waals surface area contributed by atoms with Crippen molar-refractivity contribution in [1.82, 2.24) is 4.90 Å². The van der Waals surface area contributed by atoms with Gasteiger partial charge in [-0.15, -0.1) is 0 Å². The van der Waals surface area contributed by atoms with Crippen LogP contribution in [0.25, 0.3) is 0 Å². The van der Waals surface area contributed by atoms with E-state index in [9.17, 15) is 5.11 Å². The fourth-order valence-electron chi connectivity index (χ4n) is 4.38. The summed E-state index contributed by atoms with van der Waals surface area (Å²) in [5.41, 5.74) is 3.92. The molecule has 1 aliphatic heterocycles. The highest BCUT2D eigenvalue weighted by molar-refractivity contribution is 5.44. The molecule has 0 amide bonds. The van der Waals surface area contributed by atoms with E-state index in [4.69, 9.17) is 4.74 Å². The summed E-state index contributed by atoms with van der Waals surface area (Å²) in [4.78, 5) is 2.55. The van der Waals surface area contributed by atoms with Gasteiger partial charge in [-0.1, -0.05) is 18.9 Å². The van der Waals surface area contributed by atoms with E-state index in [0.29, 0.717) is 17.9 Å². The molecule has 1 saturated heterocycles. The molecule has 3 nitrogen and oxygen atoms in total. The molecule has 0 bridgehead atoms.